The third-order valence-electron chi connectivity index (χ3n) is 2.12. The van der Waals surface area contributed by atoms with Crippen LogP contribution in [0.3, 0.4) is 0 Å². The molecule has 0 aromatic heterocycles. The molecule has 0 spiro atoms. The van der Waals surface area contributed by atoms with E-state index in [1.54, 1.807) is 24.3 Å². The van der Waals surface area contributed by atoms with E-state index in [2.05, 4.69) is 0 Å². The quantitative estimate of drug-likeness (QED) is 0.762. The van der Waals surface area contributed by atoms with Crippen molar-refractivity contribution >= 4 is 9.84 Å². The first-order chi connectivity index (χ1) is 6.95. The third kappa shape index (κ3) is 3.30. The van der Waals surface area contributed by atoms with Gasteiger partial charge in [0.15, 0.2) is 9.84 Å². The van der Waals surface area contributed by atoms with E-state index in [1.807, 2.05) is 6.92 Å². The largest absolute Gasteiger partial charge is 0.329 e. The van der Waals surface area contributed by atoms with Gasteiger partial charge in [-0.25, -0.2) is 8.42 Å². The molecule has 1 rings (SSSR count). The van der Waals surface area contributed by atoms with E-state index in [0.717, 1.165) is 5.56 Å². The summed E-state index contributed by atoms with van der Waals surface area (Å²) in [5.41, 5.74) is 11.8. The van der Waals surface area contributed by atoms with Crippen LogP contribution in [0.15, 0.2) is 29.2 Å². The molecule has 0 heterocycles. The zero-order valence-electron chi connectivity index (χ0n) is 8.68. The SMILES string of the molecule is Cc1ccc(S(=O)(=O)C[C@@H](N)CN)cc1. The van der Waals surface area contributed by atoms with Gasteiger partial charge in [-0.05, 0) is 19.1 Å². The van der Waals surface area contributed by atoms with Gasteiger partial charge in [0.05, 0.1) is 10.6 Å². The average Bonchev–Trinajstić information content (AvgIpc) is 2.17. The highest BCUT2D eigenvalue weighted by molar-refractivity contribution is 7.91. The van der Waals surface area contributed by atoms with Crippen LogP contribution in [-0.4, -0.2) is 26.8 Å². The van der Waals surface area contributed by atoms with Gasteiger partial charge >= 0.3 is 0 Å². The standard InChI is InChI=1S/C10H16N2O2S/c1-8-2-4-10(5-3-8)15(13,14)7-9(12)6-11/h2-5,9H,6-7,11-12H2,1H3/t9-/m0/s1. The van der Waals surface area contributed by atoms with Crippen LogP contribution in [0.2, 0.25) is 0 Å². The summed E-state index contributed by atoms with van der Waals surface area (Å²) >= 11 is 0. The Morgan fingerprint density at radius 2 is 1.80 bits per heavy atom. The normalized spacial score (nSPS) is 13.8. The molecule has 84 valence electrons. The number of benzene rings is 1. The van der Waals surface area contributed by atoms with Gasteiger partial charge in [0.2, 0.25) is 0 Å². The maximum atomic E-state index is 11.8. The molecule has 0 unspecified atom stereocenters. The summed E-state index contributed by atoms with van der Waals surface area (Å²) < 4.78 is 23.6. The molecule has 0 aliphatic heterocycles. The molecule has 0 fully saturated rings. The Hall–Kier alpha value is -0.910. The van der Waals surface area contributed by atoms with Crippen molar-refractivity contribution in [1.82, 2.24) is 0 Å². The van der Waals surface area contributed by atoms with Crippen LogP contribution in [0.1, 0.15) is 5.56 Å². The highest BCUT2D eigenvalue weighted by Gasteiger charge is 2.17. The Bertz CT molecular complexity index is 412. The lowest BCUT2D eigenvalue weighted by atomic mass is 10.2. The maximum absolute atomic E-state index is 11.8. The van der Waals surface area contributed by atoms with E-state index in [4.69, 9.17) is 11.5 Å². The van der Waals surface area contributed by atoms with Gasteiger partial charge in [0, 0.05) is 12.6 Å². The topological polar surface area (TPSA) is 86.2 Å². The fourth-order valence-electron chi connectivity index (χ4n) is 1.19. The number of nitrogens with two attached hydrogens (primary N) is 2. The van der Waals surface area contributed by atoms with Crippen molar-refractivity contribution in [2.24, 2.45) is 11.5 Å². The second kappa shape index (κ2) is 4.74. The maximum Gasteiger partial charge on any atom is 0.179 e. The molecule has 4 N–H and O–H groups in total. The summed E-state index contributed by atoms with van der Waals surface area (Å²) in [6.45, 7) is 2.08. The van der Waals surface area contributed by atoms with E-state index in [9.17, 15) is 8.42 Å². The summed E-state index contributed by atoms with van der Waals surface area (Å²) in [4.78, 5) is 0.303. The lowest BCUT2D eigenvalue weighted by Crippen LogP contribution is -2.36. The molecule has 4 nitrogen and oxygen atoms in total. The van der Waals surface area contributed by atoms with Crippen molar-refractivity contribution in [3.05, 3.63) is 29.8 Å². The number of rotatable bonds is 4. The number of sulfone groups is 1. The lowest BCUT2D eigenvalue weighted by Gasteiger charge is -2.09. The molecule has 0 radical (unpaired) electrons. The molecule has 1 aromatic carbocycles. The van der Waals surface area contributed by atoms with Gasteiger partial charge in [0.25, 0.3) is 0 Å². The molecule has 15 heavy (non-hydrogen) atoms. The highest BCUT2D eigenvalue weighted by Crippen LogP contribution is 2.12. The van der Waals surface area contributed by atoms with Crippen molar-refractivity contribution in [1.29, 1.82) is 0 Å². The van der Waals surface area contributed by atoms with Gasteiger partial charge < -0.3 is 11.5 Å². The van der Waals surface area contributed by atoms with Crippen LogP contribution in [-0.2, 0) is 9.84 Å². The monoisotopic (exact) mass is 228 g/mol. The van der Waals surface area contributed by atoms with Crippen LogP contribution in [0.25, 0.3) is 0 Å². The predicted octanol–water partition coefficient (Wildman–Crippen LogP) is 0.0547. The first-order valence-electron chi connectivity index (χ1n) is 4.71. The Morgan fingerprint density at radius 3 is 2.27 bits per heavy atom. The Morgan fingerprint density at radius 1 is 1.27 bits per heavy atom. The van der Waals surface area contributed by atoms with E-state index in [0.29, 0.717) is 4.90 Å². The van der Waals surface area contributed by atoms with Gasteiger partial charge in [-0.15, -0.1) is 0 Å². The van der Waals surface area contributed by atoms with Gasteiger partial charge in [0.1, 0.15) is 0 Å². The first-order valence-corrected chi connectivity index (χ1v) is 6.36. The molecular formula is C10H16N2O2S. The highest BCUT2D eigenvalue weighted by atomic mass is 32.2. The molecule has 5 heteroatoms. The Labute approximate surface area is 90.2 Å². The van der Waals surface area contributed by atoms with Crippen LogP contribution in [0.5, 0.6) is 0 Å². The fraction of sp³-hybridized carbons (Fsp3) is 0.400. The molecule has 1 atom stereocenters. The zero-order valence-corrected chi connectivity index (χ0v) is 9.50. The minimum atomic E-state index is -3.29. The molecule has 0 amide bonds. The Kier molecular flexibility index (Phi) is 3.84. The average molecular weight is 228 g/mol. The van der Waals surface area contributed by atoms with Crippen LogP contribution >= 0.6 is 0 Å². The van der Waals surface area contributed by atoms with E-state index in [-0.39, 0.29) is 12.3 Å². The third-order valence-corrected chi connectivity index (χ3v) is 3.97. The van der Waals surface area contributed by atoms with E-state index >= 15 is 0 Å². The summed E-state index contributed by atoms with van der Waals surface area (Å²) in [6, 6.07) is 6.21. The summed E-state index contributed by atoms with van der Waals surface area (Å²) in [6.07, 6.45) is 0. The van der Waals surface area contributed by atoms with Crippen molar-refractivity contribution < 1.29 is 8.42 Å². The minimum absolute atomic E-state index is 0.105. The van der Waals surface area contributed by atoms with Crippen molar-refractivity contribution in [3.63, 3.8) is 0 Å². The summed E-state index contributed by atoms with van der Waals surface area (Å²) in [7, 11) is -3.29. The second-order valence-electron chi connectivity index (χ2n) is 3.59. The fourth-order valence-corrected chi connectivity index (χ4v) is 2.63. The minimum Gasteiger partial charge on any atom is -0.329 e. The van der Waals surface area contributed by atoms with Gasteiger partial charge in [-0.2, -0.15) is 0 Å². The van der Waals surface area contributed by atoms with Crippen LogP contribution < -0.4 is 11.5 Å². The molecule has 0 aliphatic rings. The van der Waals surface area contributed by atoms with Crippen molar-refractivity contribution in [3.8, 4) is 0 Å². The van der Waals surface area contributed by atoms with Gasteiger partial charge in [-0.3, -0.25) is 0 Å². The zero-order chi connectivity index (χ0) is 11.5. The molecule has 0 saturated carbocycles. The molecule has 0 aliphatic carbocycles. The molecule has 0 saturated heterocycles. The summed E-state index contributed by atoms with van der Waals surface area (Å²) in [5.74, 6) is -0.105. The number of hydrogen-bond acceptors (Lipinski definition) is 4. The van der Waals surface area contributed by atoms with E-state index in [1.165, 1.54) is 0 Å². The number of aryl methyl sites for hydroxylation is 1. The molecular weight excluding hydrogens is 212 g/mol. The van der Waals surface area contributed by atoms with Gasteiger partial charge in [-0.1, -0.05) is 17.7 Å². The van der Waals surface area contributed by atoms with Crippen LogP contribution in [0.4, 0.5) is 0 Å². The van der Waals surface area contributed by atoms with Crippen molar-refractivity contribution in [2.45, 2.75) is 17.9 Å². The van der Waals surface area contributed by atoms with E-state index < -0.39 is 15.9 Å². The first kappa shape index (κ1) is 12.2. The lowest BCUT2D eigenvalue weighted by molar-refractivity contribution is 0.587. The molecule has 1 aromatic rings. The second-order valence-corrected chi connectivity index (χ2v) is 5.62. The van der Waals surface area contributed by atoms with Crippen LogP contribution in [0, 0.1) is 6.92 Å². The summed E-state index contributed by atoms with van der Waals surface area (Å²) in [5, 5.41) is 0. The smallest absolute Gasteiger partial charge is 0.179 e. The molecule has 0 bridgehead atoms. The Balaban J connectivity index is 2.91. The van der Waals surface area contributed by atoms with Crippen molar-refractivity contribution in [2.75, 3.05) is 12.3 Å². The predicted molar refractivity (Wildman–Crippen MR) is 60.3 cm³/mol. The number of hydrogen-bond donors (Lipinski definition) is 2.